The molecule has 1 aromatic carbocycles. The summed E-state index contributed by atoms with van der Waals surface area (Å²) < 4.78 is 29.1. The summed E-state index contributed by atoms with van der Waals surface area (Å²) in [5.74, 6) is 0. The lowest BCUT2D eigenvalue weighted by Crippen LogP contribution is -2.42. The second-order valence-electron chi connectivity index (χ2n) is 7.29. The van der Waals surface area contributed by atoms with Crippen molar-refractivity contribution in [1.82, 2.24) is 18.2 Å². The van der Waals surface area contributed by atoms with Gasteiger partial charge in [-0.15, -0.1) is 11.3 Å². The number of nitrogens with zero attached hydrogens (tertiary/aromatic N) is 4. The summed E-state index contributed by atoms with van der Waals surface area (Å²) in [5, 5.41) is 1.80. The molecule has 0 unspecified atom stereocenters. The highest BCUT2D eigenvalue weighted by atomic mass is 35.5. The molecule has 0 fully saturated rings. The van der Waals surface area contributed by atoms with Crippen molar-refractivity contribution in [3.63, 3.8) is 0 Å². The van der Waals surface area contributed by atoms with Crippen LogP contribution in [0.3, 0.4) is 0 Å². The van der Waals surface area contributed by atoms with Crippen LogP contribution in [0.5, 0.6) is 0 Å². The minimum absolute atomic E-state index is 0.112. The monoisotopic (exact) mass is 486 g/mol. The standard InChI is InChI=1S/C19H20Cl2N4O3S2/c1-23(2)30(27,28)25-8-6-14-16(10-25)29-18-17(14)19(26)24(11-22-18)7-5-12-9-13(20)3-4-15(12)21/h3-4,9,11H,5-8,10H2,1-2H3. The van der Waals surface area contributed by atoms with Gasteiger partial charge in [-0.3, -0.25) is 9.36 Å². The van der Waals surface area contributed by atoms with Crippen LogP contribution in [0.25, 0.3) is 10.2 Å². The highest BCUT2D eigenvalue weighted by molar-refractivity contribution is 7.86. The Balaban J connectivity index is 1.64. The van der Waals surface area contributed by atoms with E-state index in [1.165, 1.54) is 34.0 Å². The molecule has 0 aliphatic carbocycles. The molecule has 30 heavy (non-hydrogen) atoms. The Bertz CT molecular complexity index is 1280. The van der Waals surface area contributed by atoms with Gasteiger partial charge in [-0.25, -0.2) is 4.98 Å². The Labute approximate surface area is 188 Å². The number of halogens is 2. The van der Waals surface area contributed by atoms with E-state index in [9.17, 15) is 13.2 Å². The third-order valence-electron chi connectivity index (χ3n) is 5.21. The van der Waals surface area contributed by atoms with Crippen LogP contribution in [0.1, 0.15) is 16.0 Å². The van der Waals surface area contributed by atoms with E-state index in [-0.39, 0.29) is 12.1 Å². The van der Waals surface area contributed by atoms with E-state index in [1.54, 1.807) is 29.1 Å². The van der Waals surface area contributed by atoms with Crippen LogP contribution < -0.4 is 5.56 Å². The Morgan fingerprint density at radius 2 is 2.03 bits per heavy atom. The van der Waals surface area contributed by atoms with Crippen molar-refractivity contribution in [2.24, 2.45) is 0 Å². The number of benzene rings is 1. The van der Waals surface area contributed by atoms with Gasteiger partial charge >= 0.3 is 0 Å². The van der Waals surface area contributed by atoms with E-state index >= 15 is 0 Å². The molecule has 4 rings (SSSR count). The van der Waals surface area contributed by atoms with E-state index < -0.39 is 10.2 Å². The Kier molecular flexibility index (Phi) is 5.95. The molecule has 11 heteroatoms. The van der Waals surface area contributed by atoms with E-state index in [2.05, 4.69) is 4.98 Å². The van der Waals surface area contributed by atoms with Crippen molar-refractivity contribution in [2.45, 2.75) is 25.9 Å². The number of aryl methyl sites for hydroxylation is 2. The van der Waals surface area contributed by atoms with Crippen LogP contribution in [0.4, 0.5) is 0 Å². The molecule has 0 amide bonds. The molecule has 0 saturated carbocycles. The lowest BCUT2D eigenvalue weighted by atomic mass is 10.1. The molecular weight excluding hydrogens is 467 g/mol. The second-order valence-corrected chi connectivity index (χ2v) is 11.4. The number of thiophene rings is 1. The number of rotatable bonds is 5. The molecule has 160 valence electrons. The zero-order chi connectivity index (χ0) is 21.6. The predicted molar refractivity (Wildman–Crippen MR) is 121 cm³/mol. The smallest absolute Gasteiger partial charge is 0.281 e. The zero-order valence-corrected chi connectivity index (χ0v) is 19.6. The van der Waals surface area contributed by atoms with Gasteiger partial charge in [0, 0.05) is 48.7 Å². The van der Waals surface area contributed by atoms with Gasteiger partial charge in [-0.05, 0) is 42.2 Å². The van der Waals surface area contributed by atoms with Gasteiger partial charge in [0.2, 0.25) is 0 Å². The fraction of sp³-hybridized carbons (Fsp3) is 0.368. The first kappa shape index (κ1) is 21.7. The van der Waals surface area contributed by atoms with Crippen LogP contribution in [-0.4, -0.2) is 47.2 Å². The summed E-state index contributed by atoms with van der Waals surface area (Å²) in [6.07, 6.45) is 2.58. The van der Waals surface area contributed by atoms with Gasteiger partial charge in [0.1, 0.15) is 4.83 Å². The Morgan fingerprint density at radius 1 is 1.27 bits per heavy atom. The quantitative estimate of drug-likeness (QED) is 0.554. The minimum Gasteiger partial charge on any atom is -0.298 e. The highest BCUT2D eigenvalue weighted by Crippen LogP contribution is 2.33. The zero-order valence-electron chi connectivity index (χ0n) is 16.4. The van der Waals surface area contributed by atoms with Crippen molar-refractivity contribution < 1.29 is 8.42 Å². The highest BCUT2D eigenvalue weighted by Gasteiger charge is 2.31. The maximum Gasteiger partial charge on any atom is 0.281 e. The molecule has 0 spiro atoms. The first-order chi connectivity index (χ1) is 14.2. The fourth-order valence-corrected chi connectivity index (χ4v) is 6.32. The molecule has 1 aliphatic rings. The molecule has 3 aromatic rings. The van der Waals surface area contributed by atoms with E-state index in [1.807, 2.05) is 0 Å². The fourth-order valence-electron chi connectivity index (χ4n) is 3.56. The Morgan fingerprint density at radius 3 is 2.77 bits per heavy atom. The van der Waals surface area contributed by atoms with Crippen LogP contribution in [0.15, 0.2) is 29.3 Å². The van der Waals surface area contributed by atoms with Crippen molar-refractivity contribution >= 4 is 55.0 Å². The first-order valence-electron chi connectivity index (χ1n) is 9.29. The molecule has 2 aromatic heterocycles. The molecule has 0 N–H and O–H groups in total. The molecule has 0 radical (unpaired) electrons. The number of aromatic nitrogens is 2. The Hall–Kier alpha value is -1.49. The SMILES string of the molecule is CN(C)S(=O)(=O)N1CCc2c(sc3ncn(CCc4cc(Cl)ccc4Cl)c(=O)c23)C1. The van der Waals surface area contributed by atoms with Crippen molar-refractivity contribution in [2.75, 3.05) is 20.6 Å². The molecule has 7 nitrogen and oxygen atoms in total. The average Bonchev–Trinajstić information content (AvgIpc) is 3.08. The normalized spacial score (nSPS) is 15.1. The second kappa shape index (κ2) is 8.22. The number of fused-ring (bicyclic) bond motifs is 3. The lowest BCUT2D eigenvalue weighted by Gasteiger charge is -2.28. The molecule has 3 heterocycles. The summed E-state index contributed by atoms with van der Waals surface area (Å²) >= 11 is 13.7. The largest absolute Gasteiger partial charge is 0.298 e. The molecule has 0 saturated heterocycles. The van der Waals surface area contributed by atoms with Crippen molar-refractivity contribution in [3.8, 4) is 0 Å². The summed E-state index contributed by atoms with van der Waals surface area (Å²) in [5.41, 5.74) is 1.67. The van der Waals surface area contributed by atoms with E-state index in [4.69, 9.17) is 23.2 Å². The molecular formula is C19H20Cl2N4O3S2. The van der Waals surface area contributed by atoms with Gasteiger partial charge in [0.15, 0.2) is 0 Å². The van der Waals surface area contributed by atoms with E-state index in [0.717, 1.165) is 16.0 Å². The topological polar surface area (TPSA) is 75.5 Å². The van der Waals surface area contributed by atoms with E-state index in [0.29, 0.717) is 46.2 Å². The van der Waals surface area contributed by atoms with Gasteiger partial charge < -0.3 is 0 Å². The van der Waals surface area contributed by atoms with Crippen molar-refractivity contribution in [1.29, 1.82) is 0 Å². The third-order valence-corrected chi connectivity index (χ3v) is 8.83. The van der Waals surface area contributed by atoms with Crippen LogP contribution >= 0.6 is 34.5 Å². The van der Waals surface area contributed by atoms with Gasteiger partial charge in [-0.2, -0.15) is 17.0 Å². The van der Waals surface area contributed by atoms with Gasteiger partial charge in [0.25, 0.3) is 15.8 Å². The maximum atomic E-state index is 13.2. The summed E-state index contributed by atoms with van der Waals surface area (Å²) in [7, 11) is -0.467. The summed E-state index contributed by atoms with van der Waals surface area (Å²) in [4.78, 5) is 19.1. The van der Waals surface area contributed by atoms with Gasteiger partial charge in [0.05, 0.1) is 11.7 Å². The first-order valence-corrected chi connectivity index (χ1v) is 12.3. The minimum atomic E-state index is -3.50. The van der Waals surface area contributed by atoms with Crippen molar-refractivity contribution in [3.05, 3.63) is 60.9 Å². The van der Waals surface area contributed by atoms with Gasteiger partial charge in [-0.1, -0.05) is 23.2 Å². The number of hydrogen-bond acceptors (Lipinski definition) is 5. The summed E-state index contributed by atoms with van der Waals surface area (Å²) in [6, 6.07) is 5.27. The third kappa shape index (κ3) is 3.90. The van der Waals surface area contributed by atoms with Crippen LogP contribution in [0, 0.1) is 0 Å². The summed E-state index contributed by atoms with van der Waals surface area (Å²) in [6.45, 7) is 1.02. The maximum absolute atomic E-state index is 13.2. The molecule has 0 atom stereocenters. The molecule has 1 aliphatic heterocycles. The molecule has 0 bridgehead atoms. The van der Waals surface area contributed by atoms with Crippen LogP contribution in [-0.2, 0) is 36.1 Å². The van der Waals surface area contributed by atoms with Crippen LogP contribution in [0.2, 0.25) is 10.0 Å². The number of hydrogen-bond donors (Lipinski definition) is 0. The lowest BCUT2D eigenvalue weighted by molar-refractivity contribution is 0.362. The average molecular weight is 487 g/mol. The predicted octanol–water partition coefficient (Wildman–Crippen LogP) is 3.17.